The third kappa shape index (κ3) is 6.12. The minimum absolute atomic E-state index is 0.0132. The highest BCUT2D eigenvalue weighted by atomic mass is 79.9. The predicted molar refractivity (Wildman–Crippen MR) is 96.8 cm³/mol. The van der Waals surface area contributed by atoms with Crippen LogP contribution in [0.3, 0.4) is 0 Å². The van der Waals surface area contributed by atoms with E-state index >= 15 is 0 Å². The summed E-state index contributed by atoms with van der Waals surface area (Å²) in [5, 5.41) is 2.89. The third-order valence-corrected chi connectivity index (χ3v) is 4.30. The molecule has 22 heavy (non-hydrogen) atoms. The number of amides is 1. The number of halogens is 1. The zero-order valence-electron chi connectivity index (χ0n) is 12.3. The fourth-order valence-electron chi connectivity index (χ4n) is 1.83. The average molecular weight is 380 g/mol. The first-order valence-electron chi connectivity index (χ1n) is 6.96. The fourth-order valence-corrected chi connectivity index (χ4v) is 2.70. The molecule has 116 valence electrons. The van der Waals surface area contributed by atoms with Crippen LogP contribution in [-0.2, 0) is 4.79 Å². The quantitative estimate of drug-likeness (QED) is 0.719. The maximum Gasteiger partial charge on any atom is 0.234 e. The Labute approximate surface area is 143 Å². The molecule has 1 N–H and O–H groups in total. The molecule has 0 unspecified atom stereocenters. The Morgan fingerprint density at radius 1 is 1.23 bits per heavy atom. The SMILES string of the molecule is Cc1cccc(NC(=O)CSCCOc2ccc(Br)cc2)c1. The Hall–Kier alpha value is -1.46. The Bertz CT molecular complexity index is 616. The standard InChI is InChI=1S/C17H18BrNO2S/c1-13-3-2-4-15(11-13)19-17(20)12-22-10-9-21-16-7-5-14(18)6-8-16/h2-8,11H,9-10,12H2,1H3,(H,19,20). The van der Waals surface area contributed by atoms with E-state index in [-0.39, 0.29) is 5.91 Å². The number of hydrogen-bond acceptors (Lipinski definition) is 3. The van der Waals surface area contributed by atoms with E-state index < -0.39 is 0 Å². The van der Waals surface area contributed by atoms with E-state index in [1.54, 1.807) is 11.8 Å². The molecule has 0 radical (unpaired) electrons. The monoisotopic (exact) mass is 379 g/mol. The van der Waals surface area contributed by atoms with Crippen molar-refractivity contribution in [3.05, 3.63) is 58.6 Å². The van der Waals surface area contributed by atoms with Crippen molar-refractivity contribution < 1.29 is 9.53 Å². The van der Waals surface area contributed by atoms with Crippen molar-refractivity contribution in [2.75, 3.05) is 23.4 Å². The second-order valence-corrected chi connectivity index (χ2v) is 6.79. The molecule has 0 atom stereocenters. The van der Waals surface area contributed by atoms with Crippen molar-refractivity contribution in [3.63, 3.8) is 0 Å². The summed E-state index contributed by atoms with van der Waals surface area (Å²) in [6.45, 7) is 2.59. The molecule has 0 aliphatic heterocycles. The molecule has 0 fully saturated rings. The highest BCUT2D eigenvalue weighted by Crippen LogP contribution is 2.16. The van der Waals surface area contributed by atoms with Gasteiger partial charge in [0.15, 0.2) is 0 Å². The number of carbonyl (C=O) groups excluding carboxylic acids is 1. The second-order valence-electron chi connectivity index (χ2n) is 4.77. The molecule has 0 bridgehead atoms. The van der Waals surface area contributed by atoms with Crippen LogP contribution in [0.4, 0.5) is 5.69 Å². The van der Waals surface area contributed by atoms with Gasteiger partial charge in [-0.1, -0.05) is 28.1 Å². The number of carbonyl (C=O) groups is 1. The highest BCUT2D eigenvalue weighted by Gasteiger charge is 2.03. The smallest absolute Gasteiger partial charge is 0.234 e. The van der Waals surface area contributed by atoms with Crippen LogP contribution < -0.4 is 10.1 Å². The summed E-state index contributed by atoms with van der Waals surface area (Å²) in [5.41, 5.74) is 1.98. The van der Waals surface area contributed by atoms with Crippen LogP contribution >= 0.6 is 27.7 Å². The summed E-state index contributed by atoms with van der Waals surface area (Å²) in [5.74, 6) is 2.06. The molecular formula is C17H18BrNO2S. The van der Waals surface area contributed by atoms with E-state index in [1.165, 1.54) is 0 Å². The number of aryl methyl sites for hydroxylation is 1. The summed E-state index contributed by atoms with van der Waals surface area (Å²) >= 11 is 4.94. The zero-order chi connectivity index (χ0) is 15.8. The van der Waals surface area contributed by atoms with Gasteiger partial charge in [0, 0.05) is 15.9 Å². The lowest BCUT2D eigenvalue weighted by atomic mass is 10.2. The third-order valence-electron chi connectivity index (χ3n) is 2.85. The number of hydrogen-bond donors (Lipinski definition) is 1. The molecule has 0 aromatic heterocycles. The van der Waals surface area contributed by atoms with Crippen LogP contribution in [-0.4, -0.2) is 24.0 Å². The number of anilines is 1. The Morgan fingerprint density at radius 3 is 2.73 bits per heavy atom. The number of ether oxygens (including phenoxy) is 1. The molecule has 0 aliphatic rings. The lowest BCUT2D eigenvalue weighted by molar-refractivity contribution is -0.113. The van der Waals surface area contributed by atoms with Crippen molar-refractivity contribution in [1.29, 1.82) is 0 Å². The van der Waals surface area contributed by atoms with E-state index in [1.807, 2.05) is 55.5 Å². The number of nitrogens with one attached hydrogen (secondary N) is 1. The van der Waals surface area contributed by atoms with Crippen LogP contribution in [0, 0.1) is 6.92 Å². The van der Waals surface area contributed by atoms with E-state index in [9.17, 15) is 4.79 Å². The summed E-state index contributed by atoms with van der Waals surface area (Å²) in [6.07, 6.45) is 0. The molecule has 0 saturated carbocycles. The summed E-state index contributed by atoms with van der Waals surface area (Å²) in [4.78, 5) is 11.8. The molecule has 0 aliphatic carbocycles. The number of thioether (sulfide) groups is 1. The Morgan fingerprint density at radius 2 is 2.00 bits per heavy atom. The zero-order valence-corrected chi connectivity index (χ0v) is 14.7. The molecular weight excluding hydrogens is 362 g/mol. The van der Waals surface area contributed by atoms with Crippen molar-refractivity contribution in [2.24, 2.45) is 0 Å². The minimum atomic E-state index is 0.0132. The molecule has 2 aromatic rings. The normalized spacial score (nSPS) is 10.3. The summed E-state index contributed by atoms with van der Waals surface area (Å²) in [6, 6.07) is 15.5. The van der Waals surface area contributed by atoms with Gasteiger partial charge in [0.05, 0.1) is 12.4 Å². The molecule has 0 heterocycles. The second kappa shape index (κ2) is 8.86. The topological polar surface area (TPSA) is 38.3 Å². The predicted octanol–water partition coefficient (Wildman–Crippen LogP) is 4.51. The van der Waals surface area contributed by atoms with E-state index in [4.69, 9.17) is 4.74 Å². The van der Waals surface area contributed by atoms with Gasteiger partial charge in [0.1, 0.15) is 5.75 Å². The van der Waals surface area contributed by atoms with Gasteiger partial charge in [0.2, 0.25) is 5.91 Å². The van der Waals surface area contributed by atoms with Gasteiger partial charge in [-0.3, -0.25) is 4.79 Å². The van der Waals surface area contributed by atoms with Gasteiger partial charge in [-0.2, -0.15) is 0 Å². The van der Waals surface area contributed by atoms with Crippen LogP contribution in [0.15, 0.2) is 53.0 Å². The van der Waals surface area contributed by atoms with Gasteiger partial charge >= 0.3 is 0 Å². The molecule has 2 aromatic carbocycles. The largest absolute Gasteiger partial charge is 0.493 e. The van der Waals surface area contributed by atoms with Gasteiger partial charge < -0.3 is 10.1 Å². The van der Waals surface area contributed by atoms with Crippen LogP contribution in [0.1, 0.15) is 5.56 Å². The van der Waals surface area contributed by atoms with Crippen molar-refractivity contribution in [2.45, 2.75) is 6.92 Å². The maximum atomic E-state index is 11.8. The van der Waals surface area contributed by atoms with Crippen molar-refractivity contribution in [3.8, 4) is 5.75 Å². The Balaban J connectivity index is 1.62. The van der Waals surface area contributed by atoms with Crippen LogP contribution in [0.25, 0.3) is 0 Å². The van der Waals surface area contributed by atoms with Crippen molar-refractivity contribution >= 4 is 39.3 Å². The molecule has 2 rings (SSSR count). The lowest BCUT2D eigenvalue weighted by Gasteiger charge is -2.07. The highest BCUT2D eigenvalue weighted by molar-refractivity contribution is 9.10. The first kappa shape index (κ1) is 16.9. The van der Waals surface area contributed by atoms with E-state index in [0.717, 1.165) is 27.2 Å². The Kier molecular flexibility index (Phi) is 6.80. The van der Waals surface area contributed by atoms with Crippen LogP contribution in [0.2, 0.25) is 0 Å². The first-order chi connectivity index (χ1) is 10.6. The van der Waals surface area contributed by atoms with Crippen molar-refractivity contribution in [1.82, 2.24) is 0 Å². The molecule has 1 amide bonds. The van der Waals surface area contributed by atoms with E-state index in [2.05, 4.69) is 21.2 Å². The van der Waals surface area contributed by atoms with Gasteiger partial charge in [-0.25, -0.2) is 0 Å². The maximum absolute atomic E-state index is 11.8. The van der Waals surface area contributed by atoms with Gasteiger partial charge in [0.25, 0.3) is 0 Å². The molecule has 0 saturated heterocycles. The molecule has 0 spiro atoms. The summed E-state index contributed by atoms with van der Waals surface area (Å²) < 4.78 is 6.63. The van der Waals surface area contributed by atoms with Gasteiger partial charge in [-0.15, -0.1) is 11.8 Å². The summed E-state index contributed by atoms with van der Waals surface area (Å²) in [7, 11) is 0. The number of rotatable bonds is 7. The minimum Gasteiger partial charge on any atom is -0.493 e. The molecule has 3 nitrogen and oxygen atoms in total. The van der Waals surface area contributed by atoms with Crippen LogP contribution in [0.5, 0.6) is 5.75 Å². The number of benzene rings is 2. The van der Waals surface area contributed by atoms with E-state index in [0.29, 0.717) is 12.4 Å². The average Bonchev–Trinajstić information content (AvgIpc) is 2.49. The van der Waals surface area contributed by atoms with Gasteiger partial charge in [-0.05, 0) is 48.9 Å². The first-order valence-corrected chi connectivity index (χ1v) is 8.91. The molecule has 5 heteroatoms. The fraction of sp³-hybridized carbons (Fsp3) is 0.235. The lowest BCUT2D eigenvalue weighted by Crippen LogP contribution is -2.15.